The summed E-state index contributed by atoms with van der Waals surface area (Å²) >= 11 is 1.21. The molecular weight excluding hydrogens is 314 g/mol. The van der Waals surface area contributed by atoms with Crippen molar-refractivity contribution in [3.63, 3.8) is 0 Å². The average Bonchev–Trinajstić information content (AvgIpc) is 2.98. The van der Waals surface area contributed by atoms with Gasteiger partial charge in [0.1, 0.15) is 5.75 Å². The zero-order chi connectivity index (χ0) is 16.1. The minimum absolute atomic E-state index is 0.372. The fourth-order valence-corrected chi connectivity index (χ4v) is 2.52. The fraction of sp³-hybridized carbons (Fsp3) is 0.125. The molecule has 118 valence electrons. The van der Waals surface area contributed by atoms with Crippen LogP contribution in [-0.2, 0) is 0 Å². The van der Waals surface area contributed by atoms with Gasteiger partial charge < -0.3 is 9.26 Å². The van der Waals surface area contributed by atoms with Crippen LogP contribution < -0.4 is 14.8 Å². The highest BCUT2D eigenvalue weighted by Crippen LogP contribution is 2.23. The normalized spacial score (nSPS) is 10.5. The van der Waals surface area contributed by atoms with Gasteiger partial charge in [0.25, 0.3) is 0 Å². The number of urea groups is 1. The summed E-state index contributed by atoms with van der Waals surface area (Å²) in [5.74, 6) is 1.20. The van der Waals surface area contributed by atoms with Crippen molar-refractivity contribution in [2.75, 3.05) is 11.9 Å². The number of carbonyl (C=O) groups is 1. The van der Waals surface area contributed by atoms with E-state index in [1.807, 2.05) is 49.4 Å². The second-order valence-corrected chi connectivity index (χ2v) is 5.47. The topological polar surface area (TPSA) is 76.4 Å². The molecule has 0 aliphatic carbocycles. The van der Waals surface area contributed by atoms with E-state index in [1.54, 1.807) is 6.07 Å². The Morgan fingerprint density at radius 1 is 1.22 bits per heavy atom. The zero-order valence-corrected chi connectivity index (χ0v) is 13.2. The monoisotopic (exact) mass is 329 g/mol. The summed E-state index contributed by atoms with van der Waals surface area (Å²) in [4.78, 5) is 12.8. The molecule has 0 fully saturated rings. The molecular formula is C16H15N3O3S. The molecule has 3 aromatic rings. The highest BCUT2D eigenvalue weighted by Gasteiger charge is 2.10. The number of anilines is 1. The Kier molecular flexibility index (Phi) is 4.68. The zero-order valence-electron chi connectivity index (χ0n) is 12.4. The molecule has 0 unspecified atom stereocenters. The lowest BCUT2D eigenvalue weighted by Crippen LogP contribution is -2.22. The fourth-order valence-electron chi connectivity index (χ4n) is 1.98. The number of para-hydroxylation sites is 1. The molecule has 1 aromatic heterocycles. The van der Waals surface area contributed by atoms with Gasteiger partial charge in [0, 0.05) is 4.90 Å². The van der Waals surface area contributed by atoms with Gasteiger partial charge in [0.2, 0.25) is 0 Å². The van der Waals surface area contributed by atoms with Crippen LogP contribution >= 0.6 is 11.9 Å². The van der Waals surface area contributed by atoms with Crippen LogP contribution in [0, 0.1) is 0 Å². The molecule has 7 heteroatoms. The van der Waals surface area contributed by atoms with E-state index in [2.05, 4.69) is 15.2 Å². The molecule has 0 saturated carbocycles. The third-order valence-electron chi connectivity index (χ3n) is 3.01. The highest BCUT2D eigenvalue weighted by molar-refractivity contribution is 7.98. The molecule has 23 heavy (non-hydrogen) atoms. The number of fused-ring (bicyclic) bond motifs is 1. The maximum atomic E-state index is 11.9. The Morgan fingerprint density at radius 3 is 2.78 bits per heavy atom. The highest BCUT2D eigenvalue weighted by atomic mass is 32.2. The second-order valence-electron chi connectivity index (χ2n) is 4.59. The number of carbonyl (C=O) groups excluding carboxylic acids is 1. The maximum absolute atomic E-state index is 11.9. The maximum Gasteiger partial charge on any atom is 0.330 e. The van der Waals surface area contributed by atoms with Crippen LogP contribution in [0.4, 0.5) is 10.6 Å². The molecule has 0 atom stereocenters. The van der Waals surface area contributed by atoms with Crippen molar-refractivity contribution in [3.8, 4) is 5.75 Å². The van der Waals surface area contributed by atoms with Crippen LogP contribution in [-0.4, -0.2) is 17.8 Å². The Balaban J connectivity index is 1.57. The van der Waals surface area contributed by atoms with E-state index in [4.69, 9.17) is 9.26 Å². The van der Waals surface area contributed by atoms with E-state index < -0.39 is 0 Å². The van der Waals surface area contributed by atoms with Crippen LogP contribution in [0.15, 0.2) is 57.9 Å². The van der Waals surface area contributed by atoms with Crippen LogP contribution in [0.2, 0.25) is 0 Å². The third-order valence-corrected chi connectivity index (χ3v) is 3.80. The van der Waals surface area contributed by atoms with Crippen LogP contribution in [0.1, 0.15) is 6.92 Å². The number of ether oxygens (including phenoxy) is 1. The van der Waals surface area contributed by atoms with Crippen molar-refractivity contribution in [1.29, 1.82) is 0 Å². The lowest BCUT2D eigenvalue weighted by molar-refractivity contribution is 0.257. The van der Waals surface area contributed by atoms with Crippen molar-refractivity contribution in [3.05, 3.63) is 48.5 Å². The number of hydrogen-bond acceptors (Lipinski definition) is 5. The smallest absolute Gasteiger partial charge is 0.330 e. The predicted octanol–water partition coefficient (Wildman–Crippen LogP) is 4.06. The van der Waals surface area contributed by atoms with Crippen molar-refractivity contribution in [2.24, 2.45) is 0 Å². The van der Waals surface area contributed by atoms with Crippen LogP contribution in [0.5, 0.6) is 5.75 Å². The van der Waals surface area contributed by atoms with Gasteiger partial charge in [-0.15, -0.1) is 0 Å². The molecule has 2 aromatic carbocycles. The Labute approximate surface area is 137 Å². The number of hydrogen-bond donors (Lipinski definition) is 2. The van der Waals surface area contributed by atoms with Crippen molar-refractivity contribution < 1.29 is 14.1 Å². The van der Waals surface area contributed by atoms with E-state index in [0.717, 1.165) is 16.0 Å². The summed E-state index contributed by atoms with van der Waals surface area (Å²) < 4.78 is 13.2. The molecule has 0 radical (unpaired) electrons. The number of rotatable bonds is 5. The Bertz CT molecular complexity index is 802. The number of benzene rings is 2. The summed E-state index contributed by atoms with van der Waals surface area (Å²) in [5.41, 5.74) is 0.627. The molecule has 0 aliphatic rings. The minimum atomic E-state index is -0.372. The molecule has 6 nitrogen and oxygen atoms in total. The van der Waals surface area contributed by atoms with E-state index in [-0.39, 0.29) is 6.03 Å². The van der Waals surface area contributed by atoms with Gasteiger partial charge in [-0.05, 0) is 55.3 Å². The SMILES string of the molecule is CCOc1ccc(SNC(=O)Nc2noc3ccccc23)cc1. The van der Waals surface area contributed by atoms with Crippen LogP contribution in [0.3, 0.4) is 0 Å². The molecule has 0 aliphatic heterocycles. The van der Waals surface area contributed by atoms with Crippen LogP contribution in [0.25, 0.3) is 11.0 Å². The third kappa shape index (κ3) is 3.75. The minimum Gasteiger partial charge on any atom is -0.494 e. The van der Waals surface area contributed by atoms with Gasteiger partial charge in [-0.25, -0.2) is 4.79 Å². The number of aromatic nitrogens is 1. The first-order valence-electron chi connectivity index (χ1n) is 7.07. The Morgan fingerprint density at radius 2 is 2.00 bits per heavy atom. The van der Waals surface area contributed by atoms with Gasteiger partial charge in [-0.3, -0.25) is 10.0 Å². The molecule has 0 saturated heterocycles. The first kappa shape index (κ1) is 15.2. The van der Waals surface area contributed by atoms with E-state index >= 15 is 0 Å². The van der Waals surface area contributed by atoms with Crippen molar-refractivity contribution in [1.82, 2.24) is 9.88 Å². The van der Waals surface area contributed by atoms with E-state index in [9.17, 15) is 4.79 Å². The lowest BCUT2D eigenvalue weighted by Gasteiger charge is -2.06. The second kappa shape index (κ2) is 7.06. The van der Waals surface area contributed by atoms with E-state index in [0.29, 0.717) is 18.0 Å². The summed E-state index contributed by atoms with van der Waals surface area (Å²) in [6.07, 6.45) is 0. The Hall–Kier alpha value is -2.67. The molecule has 0 spiro atoms. The number of nitrogens with one attached hydrogen (secondary N) is 2. The number of amides is 2. The standard InChI is InChI=1S/C16H15N3O3S/c1-2-21-11-7-9-12(10-8-11)23-19-16(20)17-15-13-5-3-4-6-14(13)22-18-15/h3-10H,2H2,1H3,(H2,17,18,19,20). The lowest BCUT2D eigenvalue weighted by atomic mass is 10.2. The quantitative estimate of drug-likeness (QED) is 0.690. The summed E-state index contributed by atoms with van der Waals surface area (Å²) in [5, 5.41) is 7.27. The molecule has 0 bridgehead atoms. The molecule has 3 rings (SSSR count). The van der Waals surface area contributed by atoms with Crippen molar-refractivity contribution >= 4 is 34.8 Å². The summed E-state index contributed by atoms with van der Waals surface area (Å²) in [6, 6.07) is 14.4. The predicted molar refractivity (Wildman–Crippen MR) is 89.6 cm³/mol. The van der Waals surface area contributed by atoms with Gasteiger partial charge in [-0.1, -0.05) is 17.3 Å². The summed E-state index contributed by atoms with van der Waals surface area (Å²) in [6.45, 7) is 2.56. The molecule has 2 amide bonds. The molecule has 2 N–H and O–H groups in total. The van der Waals surface area contributed by atoms with Crippen molar-refractivity contribution in [2.45, 2.75) is 11.8 Å². The summed E-state index contributed by atoms with van der Waals surface area (Å²) in [7, 11) is 0. The average molecular weight is 329 g/mol. The van der Waals surface area contributed by atoms with Gasteiger partial charge in [0.05, 0.1) is 12.0 Å². The molecule has 1 heterocycles. The first-order chi connectivity index (χ1) is 11.3. The van der Waals surface area contributed by atoms with E-state index in [1.165, 1.54) is 11.9 Å². The number of nitrogens with zero attached hydrogens (tertiary/aromatic N) is 1. The largest absolute Gasteiger partial charge is 0.494 e. The van der Waals surface area contributed by atoms with Gasteiger partial charge in [0.15, 0.2) is 11.4 Å². The van der Waals surface area contributed by atoms with Gasteiger partial charge >= 0.3 is 6.03 Å². The first-order valence-corrected chi connectivity index (χ1v) is 7.89. The van der Waals surface area contributed by atoms with Gasteiger partial charge in [-0.2, -0.15) is 0 Å².